The van der Waals surface area contributed by atoms with Crippen molar-refractivity contribution in [2.45, 2.75) is 38.3 Å². The Morgan fingerprint density at radius 3 is 2.12 bits per heavy atom. The number of ether oxygens (including phenoxy) is 1. The van der Waals surface area contributed by atoms with Gasteiger partial charge in [0.05, 0.1) is 5.75 Å². The molecule has 17 heavy (non-hydrogen) atoms. The number of hydrogen-bond acceptors (Lipinski definition) is 3. The Labute approximate surface area is 99.4 Å². The van der Waals surface area contributed by atoms with Crippen molar-refractivity contribution in [3.8, 4) is 0 Å². The number of primary sulfonamides is 1. The lowest BCUT2D eigenvalue weighted by Gasteiger charge is -2.06. The van der Waals surface area contributed by atoms with Crippen molar-refractivity contribution in [3.63, 3.8) is 0 Å². The molecule has 0 spiro atoms. The van der Waals surface area contributed by atoms with Gasteiger partial charge in [-0.15, -0.1) is 0 Å². The average Bonchev–Trinajstić information content (AvgIpc) is 2.11. The Bertz CT molecular complexity index is 290. The predicted octanol–water partition coefficient (Wildman–Crippen LogP) is 1.80. The number of unbranched alkanes of at least 4 members (excludes halogenated alkanes) is 2. The maximum Gasteiger partial charge on any atom is 0.389 e. The highest BCUT2D eigenvalue weighted by Gasteiger charge is 2.25. The molecule has 0 aliphatic carbocycles. The van der Waals surface area contributed by atoms with Crippen molar-refractivity contribution in [3.05, 3.63) is 0 Å². The fourth-order valence-corrected chi connectivity index (χ4v) is 1.77. The molecule has 0 saturated carbocycles. The van der Waals surface area contributed by atoms with Gasteiger partial charge in [-0.1, -0.05) is 6.42 Å². The van der Waals surface area contributed by atoms with E-state index in [0.717, 1.165) is 0 Å². The fraction of sp³-hybridized carbons (Fsp3) is 1.00. The third kappa shape index (κ3) is 15.7. The van der Waals surface area contributed by atoms with Crippen LogP contribution in [0.2, 0.25) is 0 Å². The standard InChI is InChI=1S/C9H18F3NO3S/c10-9(11,12)5-4-7-16-6-2-1-3-8-17(13,14)15/h1-8H2,(H2,13,14,15). The first kappa shape index (κ1) is 16.7. The molecule has 0 unspecified atom stereocenters. The Morgan fingerprint density at radius 2 is 1.59 bits per heavy atom. The van der Waals surface area contributed by atoms with Crippen molar-refractivity contribution in [1.82, 2.24) is 0 Å². The lowest BCUT2D eigenvalue weighted by molar-refractivity contribution is -0.137. The third-order valence-corrected chi connectivity index (χ3v) is 2.82. The molecule has 0 aliphatic rings. The van der Waals surface area contributed by atoms with Gasteiger partial charge in [-0.25, -0.2) is 13.6 Å². The zero-order chi connectivity index (χ0) is 13.4. The Hall–Kier alpha value is -0.340. The van der Waals surface area contributed by atoms with Crippen molar-refractivity contribution in [2.24, 2.45) is 5.14 Å². The number of nitrogens with two attached hydrogens (primary N) is 1. The molecule has 0 bridgehead atoms. The van der Waals surface area contributed by atoms with E-state index in [0.29, 0.717) is 25.9 Å². The monoisotopic (exact) mass is 277 g/mol. The SMILES string of the molecule is NS(=O)(=O)CCCCCOCCCC(F)(F)F. The van der Waals surface area contributed by atoms with Crippen molar-refractivity contribution >= 4 is 10.0 Å². The first-order chi connectivity index (χ1) is 7.71. The summed E-state index contributed by atoms with van der Waals surface area (Å²) >= 11 is 0. The minimum Gasteiger partial charge on any atom is -0.381 e. The van der Waals surface area contributed by atoms with E-state index in [2.05, 4.69) is 0 Å². The van der Waals surface area contributed by atoms with Crippen molar-refractivity contribution in [2.75, 3.05) is 19.0 Å². The third-order valence-electron chi connectivity index (χ3n) is 1.97. The molecule has 0 saturated heterocycles. The van der Waals surface area contributed by atoms with E-state index in [9.17, 15) is 21.6 Å². The van der Waals surface area contributed by atoms with Gasteiger partial charge in [0, 0.05) is 19.6 Å². The molecule has 0 aliphatic heterocycles. The lowest BCUT2D eigenvalue weighted by Crippen LogP contribution is -2.16. The summed E-state index contributed by atoms with van der Waals surface area (Å²) in [6.07, 6.45) is -3.29. The van der Waals surface area contributed by atoms with Gasteiger partial charge < -0.3 is 4.74 Å². The van der Waals surface area contributed by atoms with Gasteiger partial charge in [0.2, 0.25) is 10.0 Å². The second-order valence-electron chi connectivity index (χ2n) is 3.76. The molecule has 0 heterocycles. The van der Waals surface area contributed by atoms with Crippen LogP contribution < -0.4 is 5.14 Å². The van der Waals surface area contributed by atoms with E-state index < -0.39 is 22.6 Å². The molecule has 104 valence electrons. The Balaban J connectivity index is 3.20. The van der Waals surface area contributed by atoms with Crippen LogP contribution in [0.4, 0.5) is 13.2 Å². The van der Waals surface area contributed by atoms with Crippen LogP contribution in [-0.4, -0.2) is 33.6 Å². The smallest absolute Gasteiger partial charge is 0.381 e. The molecule has 8 heteroatoms. The van der Waals surface area contributed by atoms with Gasteiger partial charge in [0.1, 0.15) is 0 Å². The minimum absolute atomic E-state index is 0.0410. The summed E-state index contributed by atoms with van der Waals surface area (Å²) in [4.78, 5) is 0. The highest BCUT2D eigenvalue weighted by atomic mass is 32.2. The first-order valence-corrected chi connectivity index (χ1v) is 7.07. The van der Waals surface area contributed by atoms with E-state index >= 15 is 0 Å². The average molecular weight is 277 g/mol. The summed E-state index contributed by atoms with van der Waals surface area (Å²) in [5.74, 6) is -0.0684. The quantitative estimate of drug-likeness (QED) is 0.653. The molecule has 0 rings (SSSR count). The molecule has 0 fully saturated rings. The maximum atomic E-state index is 11.7. The van der Waals surface area contributed by atoms with Crippen molar-refractivity contribution < 1.29 is 26.3 Å². The normalized spacial score (nSPS) is 12.9. The van der Waals surface area contributed by atoms with Crippen LogP contribution in [0.3, 0.4) is 0 Å². The maximum absolute atomic E-state index is 11.7. The molecule has 0 radical (unpaired) electrons. The summed E-state index contributed by atoms with van der Waals surface area (Å²) in [6, 6.07) is 0. The van der Waals surface area contributed by atoms with Gasteiger partial charge in [-0.05, 0) is 19.3 Å². The summed E-state index contributed by atoms with van der Waals surface area (Å²) in [5, 5.41) is 4.79. The molecule has 0 amide bonds. The highest BCUT2D eigenvalue weighted by Crippen LogP contribution is 2.20. The van der Waals surface area contributed by atoms with Crippen LogP contribution in [0, 0.1) is 0 Å². The van der Waals surface area contributed by atoms with Crippen LogP contribution in [0.5, 0.6) is 0 Å². The lowest BCUT2D eigenvalue weighted by atomic mass is 10.3. The summed E-state index contributed by atoms with van der Waals surface area (Å²) < 4.78 is 61.2. The van der Waals surface area contributed by atoms with Gasteiger partial charge in [-0.3, -0.25) is 0 Å². The molecule has 2 N–H and O–H groups in total. The topological polar surface area (TPSA) is 69.4 Å². The van der Waals surface area contributed by atoms with Crippen LogP contribution in [0.1, 0.15) is 32.1 Å². The number of hydrogen-bond donors (Lipinski definition) is 1. The van der Waals surface area contributed by atoms with E-state index in [-0.39, 0.29) is 18.8 Å². The summed E-state index contributed by atoms with van der Waals surface area (Å²) in [6.45, 7) is 0.428. The second kappa shape index (κ2) is 7.88. The van der Waals surface area contributed by atoms with Gasteiger partial charge in [-0.2, -0.15) is 13.2 Å². The fourth-order valence-electron chi connectivity index (χ4n) is 1.16. The molecule has 0 aromatic rings. The molecule has 0 aromatic heterocycles. The minimum atomic E-state index is -4.13. The predicted molar refractivity (Wildman–Crippen MR) is 57.9 cm³/mol. The summed E-state index contributed by atoms with van der Waals surface area (Å²) in [7, 11) is -3.41. The van der Waals surface area contributed by atoms with Crippen molar-refractivity contribution in [1.29, 1.82) is 0 Å². The van der Waals surface area contributed by atoms with E-state index in [1.165, 1.54) is 0 Å². The number of sulfonamides is 1. The van der Waals surface area contributed by atoms with Gasteiger partial charge in [0.15, 0.2) is 0 Å². The molecular formula is C9H18F3NO3S. The van der Waals surface area contributed by atoms with E-state index in [1.54, 1.807) is 0 Å². The van der Waals surface area contributed by atoms with Crippen LogP contribution in [0.15, 0.2) is 0 Å². The van der Waals surface area contributed by atoms with Gasteiger partial charge in [0.25, 0.3) is 0 Å². The first-order valence-electron chi connectivity index (χ1n) is 5.36. The molecule has 4 nitrogen and oxygen atoms in total. The number of rotatable bonds is 9. The van der Waals surface area contributed by atoms with Gasteiger partial charge >= 0.3 is 6.18 Å². The zero-order valence-corrected chi connectivity index (χ0v) is 10.3. The Morgan fingerprint density at radius 1 is 1.00 bits per heavy atom. The zero-order valence-electron chi connectivity index (χ0n) is 9.50. The summed E-state index contributed by atoms with van der Waals surface area (Å²) in [5.41, 5.74) is 0. The molecule has 0 aromatic carbocycles. The second-order valence-corrected chi connectivity index (χ2v) is 5.49. The van der Waals surface area contributed by atoms with Crippen LogP contribution >= 0.6 is 0 Å². The van der Waals surface area contributed by atoms with E-state index in [4.69, 9.17) is 9.88 Å². The van der Waals surface area contributed by atoms with E-state index in [1.807, 2.05) is 0 Å². The Kier molecular flexibility index (Phi) is 7.73. The number of alkyl halides is 3. The molecular weight excluding hydrogens is 259 g/mol. The molecule has 0 atom stereocenters. The highest BCUT2D eigenvalue weighted by molar-refractivity contribution is 7.89. The van der Waals surface area contributed by atoms with Crippen LogP contribution in [-0.2, 0) is 14.8 Å². The van der Waals surface area contributed by atoms with Crippen LogP contribution in [0.25, 0.3) is 0 Å². The largest absolute Gasteiger partial charge is 0.389 e. The number of halogens is 3.